The van der Waals surface area contributed by atoms with Gasteiger partial charge in [0.05, 0.1) is 19.1 Å². The standard InChI is InChI=1S/C19H22O3/c1-22-19(21)17(15-9-4-2-5-10-15)13-8-14-18(20)16-11-6-3-7-12-16/h2-7,9-12,17-18,20H,8,13-14H2,1H3/t17-,18+/m0/s1. The molecule has 116 valence electrons. The molecule has 22 heavy (non-hydrogen) atoms. The zero-order chi connectivity index (χ0) is 15.8. The third kappa shape index (κ3) is 4.43. The Bertz CT molecular complexity index is 566. The highest BCUT2D eigenvalue weighted by Gasteiger charge is 2.21. The maximum atomic E-state index is 12.0. The molecule has 3 nitrogen and oxygen atoms in total. The number of carbonyl (C=O) groups is 1. The fraction of sp³-hybridized carbons (Fsp3) is 0.316. The van der Waals surface area contributed by atoms with Gasteiger partial charge < -0.3 is 9.84 Å². The third-order valence-corrected chi connectivity index (χ3v) is 3.84. The van der Waals surface area contributed by atoms with Crippen LogP contribution in [0, 0.1) is 0 Å². The number of aliphatic hydroxyl groups excluding tert-OH is 1. The number of aliphatic hydroxyl groups is 1. The number of hydrogen-bond donors (Lipinski definition) is 1. The lowest BCUT2D eigenvalue weighted by Crippen LogP contribution is -2.14. The molecule has 0 bridgehead atoms. The quantitative estimate of drug-likeness (QED) is 0.790. The summed E-state index contributed by atoms with van der Waals surface area (Å²) in [6.07, 6.45) is 1.56. The molecule has 0 aliphatic rings. The molecular weight excluding hydrogens is 276 g/mol. The second-order valence-electron chi connectivity index (χ2n) is 5.34. The molecule has 0 heterocycles. The third-order valence-electron chi connectivity index (χ3n) is 3.84. The van der Waals surface area contributed by atoms with Crippen LogP contribution < -0.4 is 0 Å². The zero-order valence-electron chi connectivity index (χ0n) is 12.8. The van der Waals surface area contributed by atoms with E-state index in [4.69, 9.17) is 4.74 Å². The maximum absolute atomic E-state index is 12.0. The number of methoxy groups -OCH3 is 1. The predicted molar refractivity (Wildman–Crippen MR) is 86.5 cm³/mol. The van der Waals surface area contributed by atoms with Crippen LogP contribution in [0.25, 0.3) is 0 Å². The predicted octanol–water partition coefficient (Wildman–Crippen LogP) is 3.85. The Morgan fingerprint density at radius 1 is 0.955 bits per heavy atom. The molecular formula is C19H22O3. The van der Waals surface area contributed by atoms with Gasteiger partial charge in [-0.3, -0.25) is 4.79 Å². The molecule has 0 aliphatic carbocycles. The fourth-order valence-electron chi connectivity index (χ4n) is 2.61. The summed E-state index contributed by atoms with van der Waals surface area (Å²) >= 11 is 0. The van der Waals surface area contributed by atoms with E-state index in [1.54, 1.807) is 0 Å². The molecule has 1 N–H and O–H groups in total. The van der Waals surface area contributed by atoms with Crippen molar-refractivity contribution >= 4 is 5.97 Å². The van der Waals surface area contributed by atoms with Crippen LogP contribution in [0.3, 0.4) is 0 Å². The molecule has 0 saturated carbocycles. The molecule has 2 rings (SSSR count). The van der Waals surface area contributed by atoms with Crippen LogP contribution >= 0.6 is 0 Å². The first-order valence-electron chi connectivity index (χ1n) is 7.58. The lowest BCUT2D eigenvalue weighted by atomic mass is 9.92. The average molecular weight is 298 g/mol. The van der Waals surface area contributed by atoms with Gasteiger partial charge in [0.25, 0.3) is 0 Å². The smallest absolute Gasteiger partial charge is 0.313 e. The number of esters is 1. The van der Waals surface area contributed by atoms with Crippen molar-refractivity contribution in [2.75, 3.05) is 7.11 Å². The van der Waals surface area contributed by atoms with Crippen molar-refractivity contribution in [3.05, 3.63) is 71.8 Å². The largest absolute Gasteiger partial charge is 0.469 e. The number of hydrogen-bond acceptors (Lipinski definition) is 3. The highest BCUT2D eigenvalue weighted by atomic mass is 16.5. The van der Waals surface area contributed by atoms with Gasteiger partial charge in [-0.2, -0.15) is 0 Å². The van der Waals surface area contributed by atoms with Gasteiger partial charge in [0.1, 0.15) is 0 Å². The Morgan fingerprint density at radius 2 is 1.50 bits per heavy atom. The van der Waals surface area contributed by atoms with Gasteiger partial charge in [-0.05, 0) is 30.4 Å². The minimum atomic E-state index is -0.490. The van der Waals surface area contributed by atoms with Crippen molar-refractivity contribution in [3.63, 3.8) is 0 Å². The molecule has 0 amide bonds. The van der Waals surface area contributed by atoms with Crippen molar-refractivity contribution in [2.24, 2.45) is 0 Å². The molecule has 2 aromatic rings. The van der Waals surface area contributed by atoms with Crippen molar-refractivity contribution in [3.8, 4) is 0 Å². The molecule has 3 heteroatoms. The normalized spacial score (nSPS) is 13.4. The average Bonchev–Trinajstić information content (AvgIpc) is 2.59. The molecule has 2 aromatic carbocycles. The van der Waals surface area contributed by atoms with E-state index in [9.17, 15) is 9.90 Å². The SMILES string of the molecule is COC(=O)[C@@H](CCC[C@@H](O)c1ccccc1)c1ccccc1. The summed E-state index contributed by atoms with van der Waals surface area (Å²) in [6.45, 7) is 0. The van der Waals surface area contributed by atoms with E-state index in [1.807, 2.05) is 60.7 Å². The molecule has 0 aromatic heterocycles. The van der Waals surface area contributed by atoms with Gasteiger partial charge in [-0.25, -0.2) is 0 Å². The molecule has 0 unspecified atom stereocenters. The van der Waals surface area contributed by atoms with Gasteiger partial charge in [-0.15, -0.1) is 0 Å². The van der Waals surface area contributed by atoms with E-state index in [1.165, 1.54) is 7.11 Å². The summed E-state index contributed by atoms with van der Waals surface area (Å²) in [7, 11) is 1.41. The topological polar surface area (TPSA) is 46.5 Å². The molecule has 0 radical (unpaired) electrons. The van der Waals surface area contributed by atoms with Gasteiger partial charge in [0.2, 0.25) is 0 Å². The highest BCUT2D eigenvalue weighted by Crippen LogP contribution is 2.26. The fourth-order valence-corrected chi connectivity index (χ4v) is 2.61. The Balaban J connectivity index is 1.93. The van der Waals surface area contributed by atoms with Crippen molar-refractivity contribution in [1.82, 2.24) is 0 Å². The lowest BCUT2D eigenvalue weighted by molar-refractivity contribution is -0.142. The minimum absolute atomic E-state index is 0.222. The van der Waals surface area contributed by atoms with Crippen molar-refractivity contribution in [2.45, 2.75) is 31.3 Å². The minimum Gasteiger partial charge on any atom is -0.469 e. The first-order chi connectivity index (χ1) is 10.7. The zero-order valence-corrected chi connectivity index (χ0v) is 12.8. The van der Waals surface area contributed by atoms with Gasteiger partial charge in [-0.1, -0.05) is 60.7 Å². The Labute approximate surface area is 131 Å². The first-order valence-corrected chi connectivity index (χ1v) is 7.58. The summed E-state index contributed by atoms with van der Waals surface area (Å²) in [5.74, 6) is -0.491. The van der Waals surface area contributed by atoms with E-state index in [-0.39, 0.29) is 11.9 Å². The summed E-state index contributed by atoms with van der Waals surface area (Å²) < 4.78 is 4.91. The summed E-state index contributed by atoms with van der Waals surface area (Å²) in [5.41, 5.74) is 1.88. The van der Waals surface area contributed by atoms with Crippen LogP contribution in [0.4, 0.5) is 0 Å². The second kappa shape index (κ2) is 8.35. The van der Waals surface area contributed by atoms with Crippen LogP contribution in [0.5, 0.6) is 0 Å². The number of rotatable bonds is 7. The van der Waals surface area contributed by atoms with Gasteiger partial charge >= 0.3 is 5.97 Å². The summed E-state index contributed by atoms with van der Waals surface area (Å²) in [4.78, 5) is 12.0. The monoisotopic (exact) mass is 298 g/mol. The lowest BCUT2D eigenvalue weighted by Gasteiger charge is -2.16. The summed E-state index contributed by atoms with van der Waals surface area (Å²) in [6, 6.07) is 19.2. The number of ether oxygens (including phenoxy) is 1. The Morgan fingerprint density at radius 3 is 2.05 bits per heavy atom. The van der Waals surface area contributed by atoms with E-state index in [0.29, 0.717) is 12.8 Å². The van der Waals surface area contributed by atoms with E-state index in [0.717, 1.165) is 17.5 Å². The molecule has 0 saturated heterocycles. The Kier molecular flexibility index (Phi) is 6.16. The molecule has 0 aliphatic heterocycles. The Hall–Kier alpha value is -2.13. The van der Waals surface area contributed by atoms with Gasteiger partial charge in [0.15, 0.2) is 0 Å². The van der Waals surface area contributed by atoms with E-state index >= 15 is 0 Å². The van der Waals surface area contributed by atoms with Crippen LogP contribution in [-0.2, 0) is 9.53 Å². The van der Waals surface area contributed by atoms with Crippen LogP contribution in [0.1, 0.15) is 42.4 Å². The highest BCUT2D eigenvalue weighted by molar-refractivity contribution is 5.77. The number of carbonyl (C=O) groups excluding carboxylic acids is 1. The van der Waals surface area contributed by atoms with E-state index in [2.05, 4.69) is 0 Å². The second-order valence-corrected chi connectivity index (χ2v) is 5.34. The first kappa shape index (κ1) is 16.2. The maximum Gasteiger partial charge on any atom is 0.313 e. The van der Waals surface area contributed by atoms with Crippen LogP contribution in [0.15, 0.2) is 60.7 Å². The van der Waals surface area contributed by atoms with Crippen molar-refractivity contribution < 1.29 is 14.6 Å². The number of benzene rings is 2. The van der Waals surface area contributed by atoms with Crippen LogP contribution in [-0.4, -0.2) is 18.2 Å². The van der Waals surface area contributed by atoms with E-state index < -0.39 is 6.10 Å². The summed E-state index contributed by atoms with van der Waals surface area (Å²) in [5, 5.41) is 10.2. The molecule has 0 spiro atoms. The van der Waals surface area contributed by atoms with Crippen molar-refractivity contribution in [1.29, 1.82) is 0 Å². The molecule has 0 fully saturated rings. The van der Waals surface area contributed by atoms with Crippen LogP contribution in [0.2, 0.25) is 0 Å². The van der Waals surface area contributed by atoms with Gasteiger partial charge in [0, 0.05) is 0 Å². The molecule has 2 atom stereocenters.